The lowest BCUT2D eigenvalue weighted by molar-refractivity contribution is -0.137. The van der Waals surface area contributed by atoms with Crippen molar-refractivity contribution in [1.29, 1.82) is 0 Å². The van der Waals surface area contributed by atoms with Crippen LogP contribution in [-0.4, -0.2) is 41.9 Å². The van der Waals surface area contributed by atoms with Crippen molar-refractivity contribution < 1.29 is 42.4 Å². The van der Waals surface area contributed by atoms with Crippen LogP contribution in [0.3, 0.4) is 0 Å². The van der Waals surface area contributed by atoms with Crippen molar-refractivity contribution in [2.45, 2.75) is 6.18 Å². The van der Waals surface area contributed by atoms with Gasteiger partial charge in [0.15, 0.2) is 23.0 Å². The number of ketones is 1. The van der Waals surface area contributed by atoms with Crippen molar-refractivity contribution in [3.05, 3.63) is 83.4 Å². The molecule has 10 heteroatoms. The largest absolute Gasteiger partial charge is 0.503 e. The predicted molar refractivity (Wildman–Crippen MR) is 129 cm³/mol. The average molecular weight is 513 g/mol. The molecule has 3 aromatic carbocycles. The van der Waals surface area contributed by atoms with Crippen LogP contribution < -0.4 is 14.2 Å². The molecule has 0 spiro atoms. The van der Waals surface area contributed by atoms with Gasteiger partial charge in [-0.2, -0.15) is 13.2 Å². The smallest absolute Gasteiger partial charge is 0.416 e. The minimum absolute atomic E-state index is 0.0453. The molecule has 2 N–H and O–H groups in total. The highest BCUT2D eigenvalue weighted by molar-refractivity contribution is 6.15. The first-order valence-corrected chi connectivity index (χ1v) is 10.9. The molecular formula is C27H22F3NO6. The van der Waals surface area contributed by atoms with Crippen LogP contribution in [0.5, 0.6) is 28.9 Å². The summed E-state index contributed by atoms with van der Waals surface area (Å²) in [6.07, 6.45) is -4.66. The Kier molecular flexibility index (Phi) is 6.76. The fourth-order valence-corrected chi connectivity index (χ4v) is 3.98. The number of ether oxygens (including phenoxy) is 3. The second kappa shape index (κ2) is 9.81. The second-order valence-corrected chi connectivity index (χ2v) is 7.91. The number of hydrogen-bond donors (Lipinski definition) is 2. The predicted octanol–water partition coefficient (Wildman–Crippen LogP) is 5.83. The molecule has 0 radical (unpaired) electrons. The highest BCUT2D eigenvalue weighted by atomic mass is 19.4. The van der Waals surface area contributed by atoms with E-state index in [1.54, 1.807) is 12.1 Å². The summed E-state index contributed by atoms with van der Waals surface area (Å²) in [6, 6.07) is 14.8. The summed E-state index contributed by atoms with van der Waals surface area (Å²) < 4.78 is 57.1. The Morgan fingerprint density at radius 1 is 0.838 bits per heavy atom. The molecule has 0 aliphatic carbocycles. The monoisotopic (exact) mass is 513 g/mol. The summed E-state index contributed by atoms with van der Waals surface area (Å²) in [4.78, 5) is 13.6. The summed E-state index contributed by atoms with van der Waals surface area (Å²) >= 11 is 0. The van der Waals surface area contributed by atoms with Gasteiger partial charge in [0.1, 0.15) is 5.75 Å². The Morgan fingerprint density at radius 2 is 1.51 bits per heavy atom. The number of aromatic hydroxyl groups is 2. The molecule has 0 amide bonds. The number of halogens is 3. The lowest BCUT2D eigenvalue weighted by Crippen LogP contribution is -2.08. The van der Waals surface area contributed by atoms with Crippen molar-refractivity contribution in [3.63, 3.8) is 0 Å². The van der Waals surface area contributed by atoms with Crippen molar-refractivity contribution in [1.82, 2.24) is 4.57 Å². The molecule has 0 aliphatic rings. The average Bonchev–Trinajstić information content (AvgIpc) is 3.17. The normalized spacial score (nSPS) is 11.3. The first-order valence-electron chi connectivity index (χ1n) is 10.9. The molecule has 37 heavy (non-hydrogen) atoms. The van der Waals surface area contributed by atoms with Gasteiger partial charge in [0, 0.05) is 16.8 Å². The van der Waals surface area contributed by atoms with E-state index in [9.17, 15) is 28.2 Å². The maximum Gasteiger partial charge on any atom is 0.416 e. The SMILES string of the molecule is COc1ccc(C(=O)c2c(O)c(O)n(-c3cccc(C(F)(F)F)c3)c2-c2ccc(OC)c(OC)c2)cc1. The molecule has 192 valence electrons. The van der Waals surface area contributed by atoms with E-state index < -0.39 is 29.2 Å². The molecule has 1 aromatic heterocycles. The van der Waals surface area contributed by atoms with Crippen molar-refractivity contribution in [3.8, 4) is 45.8 Å². The molecule has 0 unspecified atom stereocenters. The fraction of sp³-hybridized carbons (Fsp3) is 0.148. The van der Waals surface area contributed by atoms with Crippen LogP contribution in [-0.2, 0) is 6.18 Å². The number of hydrogen-bond acceptors (Lipinski definition) is 6. The van der Waals surface area contributed by atoms with E-state index in [-0.39, 0.29) is 33.8 Å². The molecule has 0 bridgehead atoms. The lowest BCUT2D eigenvalue weighted by Gasteiger charge is -2.16. The van der Waals surface area contributed by atoms with Crippen LogP contribution in [0.25, 0.3) is 16.9 Å². The van der Waals surface area contributed by atoms with Crippen LogP contribution in [0.2, 0.25) is 0 Å². The number of carbonyl (C=O) groups excluding carboxylic acids is 1. The Labute approximate surface area is 209 Å². The maximum absolute atomic E-state index is 13.6. The van der Waals surface area contributed by atoms with E-state index in [2.05, 4.69) is 0 Å². The third-order valence-corrected chi connectivity index (χ3v) is 5.79. The third kappa shape index (κ3) is 4.65. The van der Waals surface area contributed by atoms with Gasteiger partial charge in [-0.25, -0.2) is 0 Å². The van der Waals surface area contributed by atoms with E-state index in [1.807, 2.05) is 0 Å². The number of carbonyl (C=O) groups is 1. The Balaban J connectivity index is 2.03. The number of rotatable bonds is 7. The molecule has 4 aromatic rings. The summed E-state index contributed by atoms with van der Waals surface area (Å²) in [7, 11) is 4.29. The number of benzene rings is 3. The van der Waals surface area contributed by atoms with Crippen LogP contribution in [0.1, 0.15) is 21.5 Å². The summed E-state index contributed by atoms with van der Waals surface area (Å²) in [5, 5.41) is 21.8. The van der Waals surface area contributed by atoms with Crippen molar-refractivity contribution in [2.75, 3.05) is 21.3 Å². The van der Waals surface area contributed by atoms with E-state index >= 15 is 0 Å². The molecule has 0 fully saturated rings. The van der Waals surface area contributed by atoms with Gasteiger partial charge in [-0.3, -0.25) is 9.36 Å². The van der Waals surface area contributed by atoms with Gasteiger partial charge < -0.3 is 24.4 Å². The summed E-state index contributed by atoms with van der Waals surface area (Å²) in [5.74, 6) is -1.15. The van der Waals surface area contributed by atoms with Gasteiger partial charge in [-0.15, -0.1) is 0 Å². The first-order chi connectivity index (χ1) is 17.6. The van der Waals surface area contributed by atoms with Gasteiger partial charge in [0.05, 0.1) is 38.2 Å². The van der Waals surface area contributed by atoms with Crippen LogP contribution >= 0.6 is 0 Å². The van der Waals surface area contributed by atoms with Gasteiger partial charge in [0.2, 0.25) is 5.88 Å². The minimum Gasteiger partial charge on any atom is -0.503 e. The number of aromatic nitrogens is 1. The highest BCUT2D eigenvalue weighted by Gasteiger charge is 2.33. The standard InChI is InChI=1S/C27H22F3NO6/c1-35-19-10-7-15(8-11-19)24(32)22-23(16-9-12-20(36-2)21(13-16)37-3)31(26(34)25(22)33)18-6-4-5-17(14-18)27(28,29)30/h4-14,33-34H,1-3H3. The topological polar surface area (TPSA) is 90.2 Å². The fourth-order valence-electron chi connectivity index (χ4n) is 3.98. The molecular weight excluding hydrogens is 491 g/mol. The Bertz CT molecular complexity index is 1460. The highest BCUT2D eigenvalue weighted by Crippen LogP contribution is 2.46. The van der Waals surface area contributed by atoms with E-state index in [0.717, 1.165) is 22.8 Å². The zero-order valence-electron chi connectivity index (χ0n) is 20.0. The van der Waals surface area contributed by atoms with Gasteiger partial charge in [0.25, 0.3) is 0 Å². The van der Waals surface area contributed by atoms with E-state index in [1.165, 1.54) is 57.7 Å². The van der Waals surface area contributed by atoms with Gasteiger partial charge in [-0.1, -0.05) is 6.07 Å². The number of methoxy groups -OCH3 is 3. The zero-order valence-corrected chi connectivity index (χ0v) is 20.0. The quantitative estimate of drug-likeness (QED) is 0.302. The Morgan fingerprint density at radius 3 is 2.11 bits per heavy atom. The molecule has 7 nitrogen and oxygen atoms in total. The van der Waals surface area contributed by atoms with Crippen LogP contribution in [0, 0.1) is 0 Å². The van der Waals surface area contributed by atoms with Crippen molar-refractivity contribution >= 4 is 5.78 Å². The molecule has 4 rings (SSSR count). The Hall–Kier alpha value is -4.60. The maximum atomic E-state index is 13.6. The first kappa shape index (κ1) is 25.5. The molecule has 0 aliphatic heterocycles. The van der Waals surface area contributed by atoms with E-state index in [4.69, 9.17) is 14.2 Å². The number of alkyl halides is 3. The van der Waals surface area contributed by atoms with E-state index in [0.29, 0.717) is 11.5 Å². The molecule has 0 saturated carbocycles. The lowest BCUT2D eigenvalue weighted by atomic mass is 9.98. The summed E-state index contributed by atoms with van der Waals surface area (Å²) in [6.45, 7) is 0. The van der Waals surface area contributed by atoms with Gasteiger partial charge in [-0.05, 0) is 60.7 Å². The minimum atomic E-state index is -4.66. The molecule has 1 heterocycles. The van der Waals surface area contributed by atoms with Gasteiger partial charge >= 0.3 is 6.18 Å². The number of nitrogens with zero attached hydrogens (tertiary/aromatic N) is 1. The van der Waals surface area contributed by atoms with Crippen molar-refractivity contribution in [2.24, 2.45) is 0 Å². The van der Waals surface area contributed by atoms with Crippen LogP contribution in [0.4, 0.5) is 13.2 Å². The summed E-state index contributed by atoms with van der Waals surface area (Å²) in [5.41, 5.74) is -1.04. The third-order valence-electron chi connectivity index (χ3n) is 5.79. The zero-order chi connectivity index (χ0) is 26.9. The second-order valence-electron chi connectivity index (χ2n) is 7.91. The molecule has 0 saturated heterocycles. The molecule has 0 atom stereocenters. The van der Waals surface area contributed by atoms with Crippen LogP contribution in [0.15, 0.2) is 66.7 Å².